The van der Waals surface area contributed by atoms with E-state index in [1.165, 1.54) is 10.8 Å². The van der Waals surface area contributed by atoms with Crippen LogP contribution in [0.2, 0.25) is 0 Å². The zero-order valence-electron chi connectivity index (χ0n) is 16.3. The number of methoxy groups -OCH3 is 1. The molecule has 2 N–H and O–H groups in total. The highest BCUT2D eigenvalue weighted by Gasteiger charge is 2.40. The van der Waals surface area contributed by atoms with Gasteiger partial charge in [-0.15, -0.1) is 0 Å². The highest BCUT2D eigenvalue weighted by Crippen LogP contribution is 2.40. The van der Waals surface area contributed by atoms with Gasteiger partial charge >= 0.3 is 5.97 Å². The van der Waals surface area contributed by atoms with E-state index in [-0.39, 0.29) is 22.6 Å². The predicted molar refractivity (Wildman–Crippen MR) is 104 cm³/mol. The quantitative estimate of drug-likeness (QED) is 0.763. The van der Waals surface area contributed by atoms with Gasteiger partial charge in [0.25, 0.3) is 0 Å². The van der Waals surface area contributed by atoms with Gasteiger partial charge in [-0.05, 0) is 32.4 Å². The summed E-state index contributed by atoms with van der Waals surface area (Å²) in [5, 5.41) is 12.1. The molecule has 1 saturated carbocycles. The lowest BCUT2D eigenvalue weighted by Crippen LogP contribution is -2.44. The van der Waals surface area contributed by atoms with E-state index in [2.05, 4.69) is 5.32 Å². The van der Waals surface area contributed by atoms with E-state index in [0.29, 0.717) is 26.1 Å². The second kappa shape index (κ2) is 7.07. The van der Waals surface area contributed by atoms with Crippen LogP contribution in [-0.4, -0.2) is 55.0 Å². The van der Waals surface area contributed by atoms with Crippen molar-refractivity contribution < 1.29 is 23.4 Å². The molecule has 1 aliphatic carbocycles. The number of rotatable bonds is 6. The number of nitrogens with zero attached hydrogens (tertiary/aromatic N) is 2. The van der Waals surface area contributed by atoms with Crippen LogP contribution in [0.5, 0.6) is 0 Å². The Labute approximate surface area is 165 Å². The third-order valence-corrected chi connectivity index (χ3v) is 5.92. The highest BCUT2D eigenvalue weighted by atomic mass is 19.1. The standard InChI is InChI=1S/C20H23F2N3O4/c1-23-9-20(29-2)5-6-24(10-20)17-14(21)7-12-16(15(17)22)25(11-3-4-11)8-13(18(12)26)19(27)28/h7-8,11,23H,3-6,9-10H2,1-2H3,(H,27,28). The number of aromatic carboxylic acids is 1. The summed E-state index contributed by atoms with van der Waals surface area (Å²) in [6.07, 6.45) is 3.28. The molecule has 156 valence electrons. The van der Waals surface area contributed by atoms with Crippen LogP contribution >= 0.6 is 0 Å². The van der Waals surface area contributed by atoms with Crippen LogP contribution in [0.3, 0.4) is 0 Å². The molecule has 0 bridgehead atoms. The van der Waals surface area contributed by atoms with Crippen LogP contribution in [0.25, 0.3) is 10.9 Å². The molecule has 0 radical (unpaired) electrons. The van der Waals surface area contributed by atoms with E-state index in [1.54, 1.807) is 19.1 Å². The summed E-state index contributed by atoms with van der Waals surface area (Å²) in [5.41, 5.74) is -2.17. The van der Waals surface area contributed by atoms with Gasteiger partial charge in [-0.1, -0.05) is 0 Å². The van der Waals surface area contributed by atoms with Gasteiger partial charge in [0.05, 0.1) is 16.5 Å². The summed E-state index contributed by atoms with van der Waals surface area (Å²) < 4.78 is 37.7. The van der Waals surface area contributed by atoms with E-state index in [0.717, 1.165) is 18.9 Å². The molecule has 1 aromatic heterocycles. The lowest BCUT2D eigenvalue weighted by molar-refractivity contribution is 0.0111. The number of nitrogens with one attached hydrogen (secondary N) is 1. The number of anilines is 1. The summed E-state index contributed by atoms with van der Waals surface area (Å²) in [6.45, 7) is 1.23. The average Bonchev–Trinajstić information content (AvgIpc) is 3.44. The van der Waals surface area contributed by atoms with Gasteiger partial charge in [-0.25, -0.2) is 13.6 Å². The van der Waals surface area contributed by atoms with Crippen LogP contribution in [0.4, 0.5) is 14.5 Å². The Hall–Kier alpha value is -2.52. The van der Waals surface area contributed by atoms with Crippen LogP contribution in [-0.2, 0) is 4.74 Å². The normalized spacial score (nSPS) is 21.9. The zero-order chi connectivity index (χ0) is 20.9. The Kier molecular flexibility index (Phi) is 4.82. The molecule has 2 aliphatic rings. The van der Waals surface area contributed by atoms with Crippen molar-refractivity contribution in [2.75, 3.05) is 38.7 Å². The van der Waals surface area contributed by atoms with Gasteiger partial charge in [0.15, 0.2) is 5.82 Å². The Morgan fingerprint density at radius 3 is 2.72 bits per heavy atom. The number of benzene rings is 1. The maximum Gasteiger partial charge on any atom is 0.341 e. The van der Waals surface area contributed by atoms with E-state index >= 15 is 8.78 Å². The molecule has 1 saturated heterocycles. The number of ether oxygens (including phenoxy) is 1. The van der Waals surface area contributed by atoms with Crippen molar-refractivity contribution in [3.63, 3.8) is 0 Å². The number of aromatic nitrogens is 1. The zero-order valence-corrected chi connectivity index (χ0v) is 16.3. The first-order chi connectivity index (χ1) is 13.8. The summed E-state index contributed by atoms with van der Waals surface area (Å²) in [4.78, 5) is 25.6. The first kappa shape index (κ1) is 19.8. The highest BCUT2D eigenvalue weighted by molar-refractivity contribution is 5.94. The molecule has 1 aromatic carbocycles. The second-order valence-corrected chi connectivity index (χ2v) is 7.82. The molecule has 1 atom stereocenters. The fourth-order valence-corrected chi connectivity index (χ4v) is 4.26. The second-order valence-electron chi connectivity index (χ2n) is 7.82. The van der Waals surface area contributed by atoms with Crippen molar-refractivity contribution in [3.05, 3.63) is 39.7 Å². The Morgan fingerprint density at radius 1 is 1.41 bits per heavy atom. The molecule has 4 rings (SSSR count). The van der Waals surface area contributed by atoms with Crippen molar-refractivity contribution in [2.24, 2.45) is 0 Å². The topological polar surface area (TPSA) is 83.8 Å². The number of carbonyl (C=O) groups is 1. The first-order valence-corrected chi connectivity index (χ1v) is 9.56. The molecular weight excluding hydrogens is 384 g/mol. The van der Waals surface area contributed by atoms with Gasteiger partial charge in [-0.3, -0.25) is 4.79 Å². The molecule has 29 heavy (non-hydrogen) atoms. The Bertz CT molecular complexity index is 1050. The van der Waals surface area contributed by atoms with Crippen molar-refractivity contribution >= 4 is 22.6 Å². The first-order valence-electron chi connectivity index (χ1n) is 9.56. The number of halogens is 2. The lowest BCUT2D eigenvalue weighted by Gasteiger charge is -2.28. The molecule has 2 aromatic rings. The molecule has 2 heterocycles. The van der Waals surface area contributed by atoms with E-state index in [1.807, 2.05) is 0 Å². The number of fused-ring (bicyclic) bond motifs is 1. The predicted octanol–water partition coefficient (Wildman–Crippen LogP) is 2.13. The lowest BCUT2D eigenvalue weighted by atomic mass is 10.0. The summed E-state index contributed by atoms with van der Waals surface area (Å²) in [5.74, 6) is -3.13. The van der Waals surface area contributed by atoms with Gasteiger partial charge in [0.1, 0.15) is 17.1 Å². The molecule has 1 unspecified atom stereocenters. The van der Waals surface area contributed by atoms with Gasteiger partial charge < -0.3 is 24.6 Å². The monoisotopic (exact) mass is 407 g/mol. The molecule has 0 amide bonds. The minimum Gasteiger partial charge on any atom is -0.477 e. The van der Waals surface area contributed by atoms with Crippen molar-refractivity contribution in [2.45, 2.75) is 30.9 Å². The smallest absolute Gasteiger partial charge is 0.341 e. The largest absolute Gasteiger partial charge is 0.477 e. The molecule has 0 spiro atoms. The Morgan fingerprint density at radius 2 is 2.14 bits per heavy atom. The summed E-state index contributed by atoms with van der Waals surface area (Å²) in [7, 11) is 3.36. The van der Waals surface area contributed by atoms with Crippen LogP contribution < -0.4 is 15.6 Å². The fourth-order valence-electron chi connectivity index (χ4n) is 4.26. The molecular formula is C20H23F2N3O4. The SMILES string of the molecule is CNCC1(OC)CCN(c2c(F)cc3c(=O)c(C(=O)O)cn(C4CC4)c3c2F)C1. The Balaban J connectivity index is 1.90. The molecule has 1 aliphatic heterocycles. The molecule has 2 fully saturated rings. The number of pyridine rings is 1. The minimum atomic E-state index is -1.41. The average molecular weight is 407 g/mol. The van der Waals surface area contributed by atoms with E-state index < -0.39 is 34.2 Å². The van der Waals surface area contributed by atoms with Crippen LogP contribution in [0.15, 0.2) is 17.1 Å². The van der Waals surface area contributed by atoms with Crippen molar-refractivity contribution in [3.8, 4) is 0 Å². The van der Waals surface area contributed by atoms with Crippen LogP contribution in [0.1, 0.15) is 35.7 Å². The number of hydrogen-bond donors (Lipinski definition) is 2. The maximum absolute atomic E-state index is 15.6. The summed E-state index contributed by atoms with van der Waals surface area (Å²) in [6, 6.07) is 0.872. The third-order valence-electron chi connectivity index (χ3n) is 5.92. The van der Waals surface area contributed by atoms with Crippen LogP contribution in [0, 0.1) is 11.6 Å². The number of carboxylic acids is 1. The third kappa shape index (κ3) is 3.18. The number of carboxylic acid groups (broad SMARTS) is 1. The number of likely N-dealkylation sites (N-methyl/N-ethyl adjacent to an activating group) is 1. The van der Waals surface area contributed by atoms with E-state index in [9.17, 15) is 14.7 Å². The molecule has 9 heteroatoms. The van der Waals surface area contributed by atoms with E-state index in [4.69, 9.17) is 4.74 Å². The van der Waals surface area contributed by atoms with Crippen molar-refractivity contribution in [1.82, 2.24) is 9.88 Å². The fraction of sp³-hybridized carbons (Fsp3) is 0.500. The van der Waals surface area contributed by atoms with Crippen molar-refractivity contribution in [1.29, 1.82) is 0 Å². The number of hydrogen-bond acceptors (Lipinski definition) is 5. The van der Waals surface area contributed by atoms with Gasteiger partial charge in [0, 0.05) is 39.0 Å². The summed E-state index contributed by atoms with van der Waals surface area (Å²) >= 11 is 0. The maximum atomic E-state index is 15.6. The van der Waals surface area contributed by atoms with Gasteiger partial charge in [-0.2, -0.15) is 0 Å². The van der Waals surface area contributed by atoms with Gasteiger partial charge in [0.2, 0.25) is 5.43 Å². The minimum absolute atomic E-state index is 0.0394. The molecule has 7 nitrogen and oxygen atoms in total.